The van der Waals surface area contributed by atoms with Crippen molar-refractivity contribution in [2.45, 2.75) is 27.0 Å². The Balaban J connectivity index is 2.23. The zero-order valence-electron chi connectivity index (χ0n) is 10.6. The second-order valence-corrected chi connectivity index (χ2v) is 5.42. The van der Waals surface area contributed by atoms with Crippen LogP contribution in [0.3, 0.4) is 0 Å². The first-order valence-corrected chi connectivity index (χ1v) is 5.98. The van der Waals surface area contributed by atoms with Crippen LogP contribution in [0, 0.1) is 11.3 Å². The van der Waals surface area contributed by atoms with Crippen molar-refractivity contribution in [2.24, 2.45) is 11.3 Å². The molecule has 3 heteroatoms. The number of hydrogen-bond acceptors (Lipinski definition) is 2. The molecule has 0 aliphatic carbocycles. The van der Waals surface area contributed by atoms with Gasteiger partial charge in [-0.3, -0.25) is 4.79 Å². The molecule has 0 spiro atoms. The lowest BCUT2D eigenvalue weighted by Gasteiger charge is -2.29. The summed E-state index contributed by atoms with van der Waals surface area (Å²) in [4.78, 5) is 13.8. The molecule has 0 bridgehead atoms. The molecule has 17 heavy (non-hydrogen) atoms. The molecule has 1 fully saturated rings. The zero-order valence-corrected chi connectivity index (χ0v) is 10.6. The molecule has 0 saturated carbocycles. The minimum Gasteiger partial charge on any atom is -0.373 e. The topological polar surface area (TPSA) is 40.5 Å². The van der Waals surface area contributed by atoms with Crippen LogP contribution in [-0.2, 0) is 0 Å². The van der Waals surface area contributed by atoms with Gasteiger partial charge in [0.2, 0.25) is 0 Å². The molecule has 92 valence electrons. The van der Waals surface area contributed by atoms with Gasteiger partial charge in [0.25, 0.3) is 5.91 Å². The average Bonchev–Trinajstić information content (AvgIpc) is 2.53. The minimum absolute atomic E-state index is 0.0875. The van der Waals surface area contributed by atoms with Gasteiger partial charge in [-0.05, 0) is 18.1 Å². The highest BCUT2D eigenvalue weighted by atomic mass is 16.3. The summed E-state index contributed by atoms with van der Waals surface area (Å²) in [6, 6.07) is 9.12. The molecule has 1 aliphatic rings. The number of hydrogen-bond donors (Lipinski definition) is 1. The molecule has 0 radical (unpaired) electrons. The Bertz CT molecular complexity index is 413. The maximum absolute atomic E-state index is 12.3. The number of carbonyl (C=O) groups is 1. The van der Waals surface area contributed by atoms with Crippen LogP contribution in [0.15, 0.2) is 30.3 Å². The van der Waals surface area contributed by atoms with Crippen LogP contribution in [0.1, 0.15) is 31.1 Å². The van der Waals surface area contributed by atoms with Crippen LogP contribution in [0.4, 0.5) is 0 Å². The molecule has 2 rings (SSSR count). The monoisotopic (exact) mass is 233 g/mol. The number of aliphatic hydroxyl groups is 1. The fourth-order valence-corrected chi connectivity index (χ4v) is 2.23. The third-order valence-electron chi connectivity index (χ3n) is 3.98. The van der Waals surface area contributed by atoms with E-state index in [-0.39, 0.29) is 11.3 Å². The number of nitrogens with zero attached hydrogens (tertiary/aromatic N) is 1. The van der Waals surface area contributed by atoms with Gasteiger partial charge in [-0.25, -0.2) is 0 Å². The lowest BCUT2D eigenvalue weighted by Crippen LogP contribution is -2.40. The summed E-state index contributed by atoms with van der Waals surface area (Å²) in [6.07, 6.45) is -0.704. The Morgan fingerprint density at radius 2 is 1.94 bits per heavy atom. The highest BCUT2D eigenvalue weighted by molar-refractivity contribution is 5.94. The van der Waals surface area contributed by atoms with Crippen molar-refractivity contribution in [1.29, 1.82) is 0 Å². The molecule has 1 aromatic carbocycles. The van der Waals surface area contributed by atoms with Crippen molar-refractivity contribution < 1.29 is 9.90 Å². The molecule has 1 amide bonds. The van der Waals surface area contributed by atoms with E-state index in [1.54, 1.807) is 17.0 Å². The van der Waals surface area contributed by atoms with Crippen LogP contribution in [0.25, 0.3) is 0 Å². The summed E-state index contributed by atoms with van der Waals surface area (Å²) in [5.74, 6) is 0.209. The quantitative estimate of drug-likeness (QED) is 0.807. The number of carbonyl (C=O) groups excluding carboxylic acids is 1. The fraction of sp³-hybridized carbons (Fsp3) is 0.500. The molecule has 3 nitrogen and oxygen atoms in total. The van der Waals surface area contributed by atoms with E-state index in [4.69, 9.17) is 0 Å². The Morgan fingerprint density at radius 3 is 2.41 bits per heavy atom. The normalized spacial score (nSPS) is 27.2. The predicted molar refractivity (Wildman–Crippen MR) is 66.4 cm³/mol. The van der Waals surface area contributed by atoms with Crippen molar-refractivity contribution in [3.63, 3.8) is 0 Å². The lowest BCUT2D eigenvalue weighted by molar-refractivity contribution is -0.0210. The van der Waals surface area contributed by atoms with Gasteiger partial charge in [0.05, 0.1) is 0 Å². The molecule has 1 N–H and O–H groups in total. The van der Waals surface area contributed by atoms with Crippen LogP contribution in [0.5, 0.6) is 0 Å². The SMILES string of the molecule is CC1CN(C(=O)c2ccccc2)[C@H](O)C1(C)C. The molecule has 1 aliphatic heterocycles. The van der Waals surface area contributed by atoms with E-state index < -0.39 is 6.23 Å². The minimum atomic E-state index is -0.704. The molecule has 1 saturated heterocycles. The van der Waals surface area contributed by atoms with Crippen molar-refractivity contribution in [3.05, 3.63) is 35.9 Å². The Morgan fingerprint density at radius 1 is 1.35 bits per heavy atom. The first kappa shape index (κ1) is 12.1. The van der Waals surface area contributed by atoms with Crippen molar-refractivity contribution >= 4 is 5.91 Å². The van der Waals surface area contributed by atoms with E-state index in [1.807, 2.05) is 32.0 Å². The highest BCUT2D eigenvalue weighted by Gasteiger charge is 2.46. The Labute approximate surface area is 102 Å². The molecule has 0 aromatic heterocycles. The number of amides is 1. The molecule has 1 unspecified atom stereocenters. The fourth-order valence-electron chi connectivity index (χ4n) is 2.23. The third-order valence-corrected chi connectivity index (χ3v) is 3.98. The standard InChI is InChI=1S/C14H19NO2/c1-10-9-15(13(17)14(10,2)3)12(16)11-7-5-4-6-8-11/h4-8,10,13,17H,9H2,1-3H3/t10?,13-/m1/s1. The van der Waals surface area contributed by atoms with Crippen molar-refractivity contribution in [3.8, 4) is 0 Å². The van der Waals surface area contributed by atoms with Crippen LogP contribution in [0.2, 0.25) is 0 Å². The first-order valence-electron chi connectivity index (χ1n) is 5.98. The van der Waals surface area contributed by atoms with Gasteiger partial charge in [0, 0.05) is 17.5 Å². The summed E-state index contributed by atoms with van der Waals surface area (Å²) >= 11 is 0. The number of benzene rings is 1. The molecule has 1 heterocycles. The van der Waals surface area contributed by atoms with Crippen LogP contribution < -0.4 is 0 Å². The van der Waals surface area contributed by atoms with Crippen molar-refractivity contribution in [1.82, 2.24) is 4.90 Å². The smallest absolute Gasteiger partial charge is 0.255 e. The molecular weight excluding hydrogens is 214 g/mol. The van der Waals surface area contributed by atoms with Crippen molar-refractivity contribution in [2.75, 3.05) is 6.54 Å². The maximum atomic E-state index is 12.3. The summed E-state index contributed by atoms with van der Waals surface area (Å²) < 4.78 is 0. The average molecular weight is 233 g/mol. The summed E-state index contributed by atoms with van der Waals surface area (Å²) in [7, 11) is 0. The van der Waals surface area contributed by atoms with Gasteiger partial charge in [0.1, 0.15) is 6.23 Å². The largest absolute Gasteiger partial charge is 0.373 e. The van der Waals surface area contributed by atoms with Gasteiger partial charge in [-0.2, -0.15) is 0 Å². The number of aliphatic hydroxyl groups excluding tert-OH is 1. The lowest BCUT2D eigenvalue weighted by atomic mass is 9.82. The van der Waals surface area contributed by atoms with Gasteiger partial charge in [0.15, 0.2) is 0 Å². The number of likely N-dealkylation sites (tertiary alicyclic amines) is 1. The highest BCUT2D eigenvalue weighted by Crippen LogP contribution is 2.39. The third kappa shape index (κ3) is 1.95. The van der Waals surface area contributed by atoms with Crippen LogP contribution in [-0.4, -0.2) is 28.7 Å². The Kier molecular flexibility index (Phi) is 2.96. The van der Waals surface area contributed by atoms with Gasteiger partial charge >= 0.3 is 0 Å². The van der Waals surface area contributed by atoms with E-state index in [9.17, 15) is 9.90 Å². The second-order valence-electron chi connectivity index (χ2n) is 5.42. The molecule has 2 atom stereocenters. The van der Waals surface area contributed by atoms with E-state index >= 15 is 0 Å². The number of rotatable bonds is 1. The summed E-state index contributed by atoms with van der Waals surface area (Å²) in [6.45, 7) is 6.69. The summed E-state index contributed by atoms with van der Waals surface area (Å²) in [5.41, 5.74) is 0.390. The maximum Gasteiger partial charge on any atom is 0.255 e. The van der Waals surface area contributed by atoms with Crippen LogP contribution >= 0.6 is 0 Å². The molecular formula is C14H19NO2. The van der Waals surface area contributed by atoms with E-state index in [0.717, 1.165) is 0 Å². The van der Waals surface area contributed by atoms with Gasteiger partial charge in [-0.15, -0.1) is 0 Å². The predicted octanol–water partition coefficient (Wildman–Crippen LogP) is 2.12. The van der Waals surface area contributed by atoms with Gasteiger partial charge in [-0.1, -0.05) is 39.0 Å². The summed E-state index contributed by atoms with van der Waals surface area (Å²) in [5, 5.41) is 10.2. The zero-order chi connectivity index (χ0) is 12.6. The second kappa shape index (κ2) is 4.15. The van der Waals surface area contributed by atoms with Gasteiger partial charge < -0.3 is 10.0 Å². The van der Waals surface area contributed by atoms with E-state index in [0.29, 0.717) is 18.0 Å². The Hall–Kier alpha value is -1.35. The van der Waals surface area contributed by atoms with E-state index in [2.05, 4.69) is 6.92 Å². The van der Waals surface area contributed by atoms with E-state index in [1.165, 1.54) is 0 Å². The molecule has 1 aromatic rings. The first-order chi connectivity index (χ1) is 7.94.